The first-order chi connectivity index (χ1) is 18.4. The summed E-state index contributed by atoms with van der Waals surface area (Å²) < 4.78 is 5.87. The predicted octanol–water partition coefficient (Wildman–Crippen LogP) is 6.90. The highest BCUT2D eigenvalue weighted by Gasteiger charge is 2.21. The van der Waals surface area contributed by atoms with Gasteiger partial charge in [-0.05, 0) is 75.1 Å². The lowest BCUT2D eigenvalue weighted by Gasteiger charge is -2.32. The first-order valence-electron chi connectivity index (χ1n) is 13.3. The van der Waals surface area contributed by atoms with E-state index in [1.54, 1.807) is 11.3 Å². The number of rotatable bonds is 12. The molecule has 1 aromatic heterocycles. The fourth-order valence-electron chi connectivity index (χ4n) is 4.61. The molecule has 2 heterocycles. The van der Waals surface area contributed by atoms with E-state index >= 15 is 0 Å². The Hall–Kier alpha value is -2.32. The van der Waals surface area contributed by atoms with E-state index in [0.717, 1.165) is 73.3 Å². The molecule has 0 atom stereocenters. The zero-order chi connectivity index (χ0) is 26.9. The number of piperidine rings is 1. The summed E-state index contributed by atoms with van der Waals surface area (Å²) in [5, 5.41) is 7.52. The number of halogens is 2. The van der Waals surface area contributed by atoms with Crippen molar-refractivity contribution in [3.8, 4) is 17.0 Å². The van der Waals surface area contributed by atoms with Crippen molar-refractivity contribution in [2.45, 2.75) is 52.1 Å². The van der Waals surface area contributed by atoms with Crippen LogP contribution in [0.25, 0.3) is 11.3 Å². The third-order valence-electron chi connectivity index (χ3n) is 6.84. The van der Waals surface area contributed by atoms with Gasteiger partial charge in [0.05, 0.1) is 22.3 Å². The molecule has 38 heavy (non-hydrogen) atoms. The number of nitrogens with zero attached hydrogens (tertiary/aromatic N) is 3. The van der Waals surface area contributed by atoms with Gasteiger partial charge in [0.15, 0.2) is 5.13 Å². The SMILES string of the molecule is CCN(CC)c1nc(-c2ccc(OCCCC(=O)NC3CCN(Cc4ccc(Cl)c(Cl)c4)CC3)cc2)cs1. The highest BCUT2D eigenvalue weighted by Crippen LogP contribution is 2.29. The summed E-state index contributed by atoms with van der Waals surface area (Å²) >= 11 is 13.8. The van der Waals surface area contributed by atoms with Gasteiger partial charge in [0.1, 0.15) is 5.75 Å². The van der Waals surface area contributed by atoms with Gasteiger partial charge in [-0.1, -0.05) is 29.3 Å². The highest BCUT2D eigenvalue weighted by atomic mass is 35.5. The number of benzene rings is 2. The van der Waals surface area contributed by atoms with Crippen LogP contribution in [-0.4, -0.2) is 54.6 Å². The fourth-order valence-corrected chi connectivity index (χ4v) is 5.90. The van der Waals surface area contributed by atoms with Crippen LogP contribution in [0.4, 0.5) is 5.13 Å². The van der Waals surface area contributed by atoms with Gasteiger partial charge in [-0.15, -0.1) is 11.3 Å². The normalized spacial score (nSPS) is 14.4. The number of nitrogens with one attached hydrogen (secondary N) is 1. The van der Waals surface area contributed by atoms with Gasteiger partial charge >= 0.3 is 0 Å². The molecular weight excluding hydrogens is 539 g/mol. The minimum absolute atomic E-state index is 0.0967. The lowest BCUT2D eigenvalue weighted by molar-refractivity contribution is -0.122. The number of thiazole rings is 1. The number of hydrogen-bond acceptors (Lipinski definition) is 6. The number of aromatic nitrogens is 1. The van der Waals surface area contributed by atoms with Crippen LogP contribution in [0.3, 0.4) is 0 Å². The van der Waals surface area contributed by atoms with Crippen molar-refractivity contribution in [3.63, 3.8) is 0 Å². The molecule has 9 heteroatoms. The standard InChI is InChI=1S/C29H36Cl2N4O2S/c1-3-35(4-2)29-33-27(20-38-29)22-8-10-24(11-9-22)37-17-5-6-28(36)32-23-13-15-34(16-14-23)19-21-7-12-25(30)26(31)18-21/h7-12,18,20,23H,3-6,13-17,19H2,1-2H3,(H,32,36). The number of amides is 1. The number of likely N-dealkylation sites (tertiary alicyclic amines) is 1. The summed E-state index contributed by atoms with van der Waals surface area (Å²) in [5.41, 5.74) is 3.22. The first kappa shape index (κ1) is 28.7. The third-order valence-corrected chi connectivity index (χ3v) is 8.48. The summed E-state index contributed by atoms with van der Waals surface area (Å²) in [6.07, 6.45) is 3.05. The van der Waals surface area contributed by atoms with Crippen molar-refractivity contribution in [2.75, 3.05) is 37.7 Å². The average molecular weight is 576 g/mol. The third kappa shape index (κ3) is 8.09. The molecule has 0 saturated carbocycles. The van der Waals surface area contributed by atoms with Crippen LogP contribution in [0.1, 0.15) is 45.1 Å². The molecule has 1 aliphatic rings. The Labute approximate surface area is 239 Å². The van der Waals surface area contributed by atoms with Gasteiger partial charge in [0.25, 0.3) is 0 Å². The van der Waals surface area contributed by atoms with Crippen LogP contribution < -0.4 is 15.0 Å². The Morgan fingerprint density at radius 1 is 1.11 bits per heavy atom. The molecule has 0 radical (unpaired) electrons. The Balaban J connectivity index is 1.12. The van der Waals surface area contributed by atoms with Gasteiger partial charge in [-0.25, -0.2) is 4.98 Å². The Morgan fingerprint density at radius 3 is 2.53 bits per heavy atom. The molecule has 1 saturated heterocycles. The molecule has 0 spiro atoms. The van der Waals surface area contributed by atoms with Crippen LogP contribution in [0, 0.1) is 0 Å². The maximum Gasteiger partial charge on any atom is 0.220 e. The quantitative estimate of drug-likeness (QED) is 0.238. The Kier molecular flexibility index (Phi) is 10.7. The maximum absolute atomic E-state index is 12.4. The molecular formula is C29H36Cl2N4O2S. The smallest absolute Gasteiger partial charge is 0.220 e. The van der Waals surface area contributed by atoms with Crippen molar-refractivity contribution in [1.82, 2.24) is 15.2 Å². The number of carbonyl (C=O) groups excluding carboxylic acids is 1. The van der Waals surface area contributed by atoms with Crippen LogP contribution in [0.5, 0.6) is 5.75 Å². The Bertz CT molecular complexity index is 1180. The zero-order valence-electron chi connectivity index (χ0n) is 22.1. The minimum Gasteiger partial charge on any atom is -0.494 e. The molecule has 1 fully saturated rings. The average Bonchev–Trinajstić information content (AvgIpc) is 3.41. The summed E-state index contributed by atoms with van der Waals surface area (Å²) in [5.74, 6) is 0.905. The van der Waals surface area contributed by atoms with Crippen molar-refractivity contribution >= 4 is 45.6 Å². The van der Waals surface area contributed by atoms with E-state index < -0.39 is 0 Å². The molecule has 6 nitrogen and oxygen atoms in total. The van der Waals surface area contributed by atoms with Crippen LogP contribution >= 0.6 is 34.5 Å². The topological polar surface area (TPSA) is 57.7 Å². The number of carbonyl (C=O) groups is 1. The van der Waals surface area contributed by atoms with Crippen molar-refractivity contribution < 1.29 is 9.53 Å². The van der Waals surface area contributed by atoms with E-state index in [0.29, 0.717) is 29.5 Å². The second kappa shape index (κ2) is 14.2. The van der Waals surface area contributed by atoms with Crippen LogP contribution in [-0.2, 0) is 11.3 Å². The summed E-state index contributed by atoms with van der Waals surface area (Å²) in [6, 6.07) is 14.0. The predicted molar refractivity (Wildman–Crippen MR) is 159 cm³/mol. The summed E-state index contributed by atoms with van der Waals surface area (Å²) in [6.45, 7) is 9.44. The molecule has 1 amide bonds. The van der Waals surface area contributed by atoms with E-state index in [-0.39, 0.29) is 11.9 Å². The minimum atomic E-state index is 0.0967. The summed E-state index contributed by atoms with van der Waals surface area (Å²) in [4.78, 5) is 21.9. The van der Waals surface area contributed by atoms with Gasteiger partial charge in [-0.3, -0.25) is 9.69 Å². The van der Waals surface area contributed by atoms with E-state index in [1.807, 2.05) is 42.5 Å². The zero-order valence-corrected chi connectivity index (χ0v) is 24.4. The monoisotopic (exact) mass is 574 g/mol. The van der Waals surface area contributed by atoms with Crippen molar-refractivity contribution in [3.05, 3.63) is 63.5 Å². The molecule has 2 aromatic carbocycles. The van der Waals surface area contributed by atoms with Crippen molar-refractivity contribution in [1.29, 1.82) is 0 Å². The number of anilines is 1. The summed E-state index contributed by atoms with van der Waals surface area (Å²) in [7, 11) is 0. The van der Waals surface area contributed by atoms with Crippen LogP contribution in [0.2, 0.25) is 10.0 Å². The first-order valence-corrected chi connectivity index (χ1v) is 15.0. The largest absolute Gasteiger partial charge is 0.494 e. The molecule has 4 rings (SSSR count). The van der Waals surface area contributed by atoms with Crippen LogP contribution in [0.15, 0.2) is 47.8 Å². The van der Waals surface area contributed by atoms with E-state index in [1.165, 1.54) is 0 Å². The number of hydrogen-bond donors (Lipinski definition) is 1. The lowest BCUT2D eigenvalue weighted by atomic mass is 10.0. The van der Waals surface area contributed by atoms with E-state index in [2.05, 4.69) is 34.3 Å². The number of ether oxygens (including phenoxy) is 1. The fraction of sp³-hybridized carbons (Fsp3) is 0.448. The second-order valence-electron chi connectivity index (χ2n) is 9.53. The maximum atomic E-state index is 12.4. The molecule has 204 valence electrons. The second-order valence-corrected chi connectivity index (χ2v) is 11.2. The van der Waals surface area contributed by atoms with Crippen molar-refractivity contribution in [2.24, 2.45) is 0 Å². The van der Waals surface area contributed by atoms with Gasteiger partial charge < -0.3 is 15.0 Å². The van der Waals surface area contributed by atoms with Gasteiger partial charge in [0, 0.05) is 56.1 Å². The van der Waals surface area contributed by atoms with Gasteiger partial charge in [-0.2, -0.15) is 0 Å². The van der Waals surface area contributed by atoms with Gasteiger partial charge in [0.2, 0.25) is 5.91 Å². The van der Waals surface area contributed by atoms with E-state index in [4.69, 9.17) is 32.9 Å². The molecule has 1 aliphatic heterocycles. The Morgan fingerprint density at radius 2 is 1.84 bits per heavy atom. The lowest BCUT2D eigenvalue weighted by Crippen LogP contribution is -2.44. The highest BCUT2D eigenvalue weighted by molar-refractivity contribution is 7.14. The molecule has 3 aromatic rings. The molecule has 0 aliphatic carbocycles. The van der Waals surface area contributed by atoms with E-state index in [9.17, 15) is 4.79 Å². The molecule has 0 bridgehead atoms. The molecule has 0 unspecified atom stereocenters. The molecule has 1 N–H and O–H groups in total.